The first kappa shape index (κ1) is 16.3. The number of ketones is 1. The molecule has 0 aliphatic heterocycles. The minimum absolute atomic E-state index is 0.159. The molecule has 2 heteroatoms. The smallest absolute Gasteiger partial charge is 0.239 e. The summed E-state index contributed by atoms with van der Waals surface area (Å²) in [6.07, 6.45) is 8.26. The van der Waals surface area contributed by atoms with E-state index in [0.29, 0.717) is 11.3 Å². The fourth-order valence-electron chi connectivity index (χ4n) is 2.04. The average Bonchev–Trinajstić information content (AvgIpc) is 2.49. The van der Waals surface area contributed by atoms with Crippen molar-refractivity contribution < 1.29 is 9.53 Å². The third-order valence-electron chi connectivity index (χ3n) is 3.21. The summed E-state index contributed by atoms with van der Waals surface area (Å²) < 4.78 is 5.16. The van der Waals surface area contributed by atoms with Crippen LogP contribution in [0.25, 0.3) is 0 Å². The van der Waals surface area contributed by atoms with Crippen LogP contribution < -0.4 is 4.74 Å². The van der Waals surface area contributed by atoms with Crippen molar-refractivity contribution >= 4 is 5.78 Å². The molecular weight excluding hydrogens is 248 g/mol. The lowest BCUT2D eigenvalue weighted by Gasteiger charge is -2.02. The number of rotatable bonds is 8. The van der Waals surface area contributed by atoms with Gasteiger partial charge in [-0.2, -0.15) is 0 Å². The van der Waals surface area contributed by atoms with Crippen molar-refractivity contribution in [2.24, 2.45) is 0 Å². The quantitative estimate of drug-likeness (QED) is 0.298. The van der Waals surface area contributed by atoms with Crippen LogP contribution in [0.3, 0.4) is 0 Å². The maximum atomic E-state index is 11.9. The van der Waals surface area contributed by atoms with Gasteiger partial charge >= 0.3 is 0 Å². The summed E-state index contributed by atoms with van der Waals surface area (Å²) in [5, 5.41) is 0. The number of carbonyl (C=O) groups excluding carboxylic acids is 1. The SMILES string of the molecule is CCCCCCCCC#CC(=O)c1ccccc1OC. The van der Waals surface area contributed by atoms with E-state index in [1.54, 1.807) is 19.2 Å². The summed E-state index contributed by atoms with van der Waals surface area (Å²) in [7, 11) is 1.57. The lowest BCUT2D eigenvalue weighted by molar-refractivity contribution is 0.105. The molecule has 1 aromatic carbocycles. The molecule has 20 heavy (non-hydrogen) atoms. The fourth-order valence-corrected chi connectivity index (χ4v) is 2.04. The predicted octanol–water partition coefficient (Wildman–Crippen LogP) is 4.63. The van der Waals surface area contributed by atoms with Crippen LogP contribution in [0, 0.1) is 11.8 Å². The van der Waals surface area contributed by atoms with Crippen LogP contribution in [0.2, 0.25) is 0 Å². The van der Waals surface area contributed by atoms with Crippen molar-refractivity contribution in [1.82, 2.24) is 0 Å². The Hall–Kier alpha value is -1.75. The maximum Gasteiger partial charge on any atom is 0.239 e. The molecule has 0 atom stereocenters. The van der Waals surface area contributed by atoms with Gasteiger partial charge in [0.2, 0.25) is 5.78 Å². The minimum Gasteiger partial charge on any atom is -0.496 e. The molecule has 0 saturated carbocycles. The van der Waals surface area contributed by atoms with Gasteiger partial charge in [0.15, 0.2) is 0 Å². The predicted molar refractivity (Wildman–Crippen MR) is 83.1 cm³/mol. The molecule has 0 heterocycles. The zero-order valence-electron chi connectivity index (χ0n) is 12.6. The van der Waals surface area contributed by atoms with Crippen molar-refractivity contribution in [3.8, 4) is 17.6 Å². The van der Waals surface area contributed by atoms with Crippen molar-refractivity contribution in [2.75, 3.05) is 7.11 Å². The maximum absolute atomic E-state index is 11.9. The summed E-state index contributed by atoms with van der Waals surface area (Å²) in [6, 6.07) is 7.20. The normalized spacial score (nSPS) is 9.70. The first-order chi connectivity index (χ1) is 9.79. The minimum atomic E-state index is -0.159. The van der Waals surface area contributed by atoms with Gasteiger partial charge in [-0.15, -0.1) is 0 Å². The van der Waals surface area contributed by atoms with Gasteiger partial charge in [0.25, 0.3) is 0 Å². The average molecular weight is 272 g/mol. The molecule has 0 N–H and O–H groups in total. The highest BCUT2D eigenvalue weighted by Crippen LogP contribution is 2.17. The van der Waals surface area contributed by atoms with Crippen LogP contribution in [-0.4, -0.2) is 12.9 Å². The van der Waals surface area contributed by atoms with Crippen molar-refractivity contribution in [3.05, 3.63) is 29.8 Å². The number of ether oxygens (including phenoxy) is 1. The molecule has 0 amide bonds. The summed E-state index contributed by atoms with van der Waals surface area (Å²) in [4.78, 5) is 11.9. The molecule has 0 aliphatic rings. The summed E-state index contributed by atoms with van der Waals surface area (Å²) in [5.74, 6) is 6.11. The van der Waals surface area contributed by atoms with Gasteiger partial charge in [0.05, 0.1) is 12.7 Å². The second-order valence-electron chi connectivity index (χ2n) is 4.85. The number of para-hydroxylation sites is 1. The van der Waals surface area contributed by atoms with Crippen LogP contribution in [0.15, 0.2) is 24.3 Å². The van der Waals surface area contributed by atoms with Gasteiger partial charge in [-0.25, -0.2) is 0 Å². The topological polar surface area (TPSA) is 26.3 Å². The van der Waals surface area contributed by atoms with Crippen molar-refractivity contribution in [2.45, 2.75) is 51.9 Å². The van der Waals surface area contributed by atoms with Gasteiger partial charge in [-0.1, -0.05) is 57.1 Å². The van der Waals surface area contributed by atoms with Crippen LogP contribution >= 0.6 is 0 Å². The van der Waals surface area contributed by atoms with Gasteiger partial charge < -0.3 is 4.74 Å². The van der Waals surface area contributed by atoms with Crippen molar-refractivity contribution in [1.29, 1.82) is 0 Å². The zero-order chi connectivity index (χ0) is 14.6. The zero-order valence-corrected chi connectivity index (χ0v) is 12.6. The Morgan fingerprint density at radius 3 is 2.55 bits per heavy atom. The van der Waals surface area contributed by atoms with E-state index in [9.17, 15) is 4.79 Å². The molecule has 0 unspecified atom stereocenters. The highest BCUT2D eigenvalue weighted by Gasteiger charge is 2.07. The van der Waals surface area contributed by atoms with E-state index in [2.05, 4.69) is 18.8 Å². The highest BCUT2D eigenvalue weighted by molar-refractivity contribution is 6.10. The van der Waals surface area contributed by atoms with E-state index in [1.165, 1.54) is 32.1 Å². The lowest BCUT2D eigenvalue weighted by Crippen LogP contribution is -1.98. The summed E-state index contributed by atoms with van der Waals surface area (Å²) in [6.45, 7) is 2.22. The standard InChI is InChI=1S/C18H24O2/c1-3-4-5-6-7-8-9-10-14-17(19)16-13-11-12-15-18(16)20-2/h11-13,15H,3-9H2,1-2H3. The van der Waals surface area contributed by atoms with E-state index in [1.807, 2.05) is 12.1 Å². The molecule has 2 nitrogen and oxygen atoms in total. The molecule has 0 spiro atoms. The summed E-state index contributed by atoms with van der Waals surface area (Å²) in [5.41, 5.74) is 0.547. The molecule has 1 rings (SSSR count). The monoisotopic (exact) mass is 272 g/mol. The second-order valence-corrected chi connectivity index (χ2v) is 4.85. The first-order valence-corrected chi connectivity index (χ1v) is 7.45. The van der Waals surface area contributed by atoms with Crippen LogP contribution in [-0.2, 0) is 0 Å². The number of hydrogen-bond donors (Lipinski definition) is 0. The van der Waals surface area contributed by atoms with E-state index in [-0.39, 0.29) is 5.78 Å². The number of hydrogen-bond acceptors (Lipinski definition) is 2. The second kappa shape index (κ2) is 10.1. The summed E-state index contributed by atoms with van der Waals surface area (Å²) >= 11 is 0. The van der Waals surface area contributed by atoms with E-state index in [4.69, 9.17) is 4.74 Å². The molecule has 1 aromatic rings. The highest BCUT2D eigenvalue weighted by atomic mass is 16.5. The van der Waals surface area contributed by atoms with E-state index < -0.39 is 0 Å². The Kier molecular flexibility index (Phi) is 8.22. The fraction of sp³-hybridized carbons (Fsp3) is 0.500. The number of carbonyl (C=O) groups is 1. The number of Topliss-reactive ketones (excluding diaryl/α,β-unsaturated/α-hetero) is 1. The molecule has 0 radical (unpaired) electrons. The molecule has 108 valence electrons. The lowest BCUT2D eigenvalue weighted by atomic mass is 10.1. The molecule has 0 aromatic heterocycles. The Balaban J connectivity index is 2.34. The number of methoxy groups -OCH3 is 1. The molecule has 0 saturated heterocycles. The third-order valence-corrected chi connectivity index (χ3v) is 3.21. The number of benzene rings is 1. The molecule has 0 fully saturated rings. The van der Waals surface area contributed by atoms with Crippen LogP contribution in [0.4, 0.5) is 0 Å². The van der Waals surface area contributed by atoms with Crippen LogP contribution in [0.5, 0.6) is 5.75 Å². The Labute approximate surface area is 122 Å². The third kappa shape index (κ3) is 5.93. The van der Waals surface area contributed by atoms with E-state index in [0.717, 1.165) is 12.8 Å². The first-order valence-electron chi connectivity index (χ1n) is 7.45. The van der Waals surface area contributed by atoms with Crippen LogP contribution in [0.1, 0.15) is 62.2 Å². The molecular formula is C18H24O2. The Morgan fingerprint density at radius 2 is 1.80 bits per heavy atom. The molecule has 0 bridgehead atoms. The van der Waals surface area contributed by atoms with Gasteiger partial charge in [-0.05, 0) is 24.5 Å². The van der Waals surface area contributed by atoms with E-state index >= 15 is 0 Å². The Bertz CT molecular complexity index is 466. The van der Waals surface area contributed by atoms with Crippen molar-refractivity contribution in [3.63, 3.8) is 0 Å². The van der Waals surface area contributed by atoms with Gasteiger partial charge in [0, 0.05) is 6.42 Å². The van der Waals surface area contributed by atoms with Gasteiger partial charge in [-0.3, -0.25) is 4.79 Å². The van der Waals surface area contributed by atoms with Gasteiger partial charge in [0.1, 0.15) is 5.75 Å². The number of unbranched alkanes of at least 4 members (excludes halogenated alkanes) is 6. The Morgan fingerprint density at radius 1 is 1.10 bits per heavy atom. The largest absolute Gasteiger partial charge is 0.496 e. The molecule has 0 aliphatic carbocycles.